The van der Waals surface area contributed by atoms with Gasteiger partial charge in [-0.3, -0.25) is 4.79 Å². The van der Waals surface area contributed by atoms with Crippen molar-refractivity contribution in [1.29, 1.82) is 0 Å². The van der Waals surface area contributed by atoms with E-state index < -0.39 is 9.84 Å². The fraction of sp³-hybridized carbons (Fsp3) is 0.250. The van der Waals surface area contributed by atoms with Crippen molar-refractivity contribution < 1.29 is 17.9 Å². The molecule has 6 heteroatoms. The van der Waals surface area contributed by atoms with Crippen molar-refractivity contribution in [3.05, 3.63) is 36.9 Å². The van der Waals surface area contributed by atoms with Crippen LogP contribution in [0.3, 0.4) is 0 Å². The molecule has 0 aliphatic heterocycles. The van der Waals surface area contributed by atoms with Crippen molar-refractivity contribution in [2.75, 3.05) is 19.4 Å². The van der Waals surface area contributed by atoms with Crippen molar-refractivity contribution in [2.24, 2.45) is 0 Å². The van der Waals surface area contributed by atoms with Gasteiger partial charge in [0.25, 0.3) is 5.91 Å². The molecule has 1 rings (SSSR count). The Morgan fingerprint density at radius 2 is 2.00 bits per heavy atom. The summed E-state index contributed by atoms with van der Waals surface area (Å²) in [6.07, 6.45) is 2.70. The van der Waals surface area contributed by atoms with Gasteiger partial charge in [-0.1, -0.05) is 6.08 Å². The van der Waals surface area contributed by atoms with E-state index in [0.717, 1.165) is 6.26 Å². The smallest absolute Gasteiger partial charge is 0.258 e. The Labute approximate surface area is 106 Å². The molecular formula is C12H15NO4S. The maximum Gasteiger partial charge on any atom is 0.258 e. The van der Waals surface area contributed by atoms with E-state index in [-0.39, 0.29) is 17.4 Å². The first kappa shape index (κ1) is 14.2. The first-order valence-corrected chi connectivity index (χ1v) is 7.13. The molecule has 1 aromatic carbocycles. The molecule has 1 aromatic rings. The van der Waals surface area contributed by atoms with Gasteiger partial charge in [0.2, 0.25) is 0 Å². The highest BCUT2D eigenvalue weighted by atomic mass is 32.2. The summed E-state index contributed by atoms with van der Waals surface area (Å²) in [6.45, 7) is 3.74. The molecule has 98 valence electrons. The summed E-state index contributed by atoms with van der Waals surface area (Å²) in [5.74, 6) is 0.179. The van der Waals surface area contributed by atoms with Gasteiger partial charge in [-0.05, 0) is 24.3 Å². The van der Waals surface area contributed by atoms with E-state index in [1.165, 1.54) is 24.3 Å². The number of amides is 1. The van der Waals surface area contributed by atoms with Crippen molar-refractivity contribution in [3.8, 4) is 5.75 Å². The molecule has 0 heterocycles. The lowest BCUT2D eigenvalue weighted by molar-refractivity contribution is -0.122. The highest BCUT2D eigenvalue weighted by Gasteiger charge is 2.07. The summed E-state index contributed by atoms with van der Waals surface area (Å²) in [5.41, 5.74) is 0. The van der Waals surface area contributed by atoms with Gasteiger partial charge in [0, 0.05) is 12.8 Å². The Balaban J connectivity index is 2.54. The van der Waals surface area contributed by atoms with Crippen molar-refractivity contribution in [3.63, 3.8) is 0 Å². The lowest BCUT2D eigenvalue weighted by atomic mass is 10.3. The van der Waals surface area contributed by atoms with Gasteiger partial charge in [0.1, 0.15) is 5.75 Å². The molecule has 0 radical (unpaired) electrons. The number of nitrogens with one attached hydrogen (secondary N) is 1. The summed E-state index contributed by atoms with van der Waals surface area (Å²) >= 11 is 0. The van der Waals surface area contributed by atoms with Crippen LogP contribution in [0.25, 0.3) is 0 Å². The Hall–Kier alpha value is -1.82. The minimum Gasteiger partial charge on any atom is -0.484 e. The maximum absolute atomic E-state index is 11.2. The first-order chi connectivity index (χ1) is 8.43. The minimum atomic E-state index is -3.21. The molecule has 0 bridgehead atoms. The SMILES string of the molecule is C=CCNC(=O)COc1ccc(S(C)(=O)=O)cc1. The molecule has 1 amide bonds. The van der Waals surface area contributed by atoms with E-state index in [1.807, 2.05) is 0 Å². The first-order valence-electron chi connectivity index (χ1n) is 5.24. The summed E-state index contributed by atoms with van der Waals surface area (Å²) in [6, 6.07) is 5.90. The third kappa shape index (κ3) is 4.58. The number of hydrogen-bond donors (Lipinski definition) is 1. The van der Waals surface area contributed by atoms with Crippen LogP contribution in [-0.4, -0.2) is 33.7 Å². The van der Waals surface area contributed by atoms with Crippen LogP contribution in [0.15, 0.2) is 41.8 Å². The predicted molar refractivity (Wildman–Crippen MR) is 68.3 cm³/mol. The lowest BCUT2D eigenvalue weighted by Crippen LogP contribution is -2.28. The maximum atomic E-state index is 11.2. The van der Waals surface area contributed by atoms with Crippen molar-refractivity contribution >= 4 is 15.7 Å². The topological polar surface area (TPSA) is 72.5 Å². The minimum absolute atomic E-state index is 0.119. The standard InChI is InChI=1S/C12H15NO4S/c1-3-8-13-12(14)9-17-10-4-6-11(7-5-10)18(2,15)16/h3-7H,1,8-9H2,2H3,(H,13,14). The zero-order chi connectivity index (χ0) is 13.6. The molecule has 0 atom stereocenters. The molecule has 18 heavy (non-hydrogen) atoms. The lowest BCUT2D eigenvalue weighted by Gasteiger charge is -2.06. The Bertz CT molecular complexity index is 520. The second kappa shape index (κ2) is 6.20. The summed E-state index contributed by atoms with van der Waals surface area (Å²) < 4.78 is 27.6. The van der Waals surface area contributed by atoms with E-state index in [9.17, 15) is 13.2 Å². The monoisotopic (exact) mass is 269 g/mol. The van der Waals surface area contributed by atoms with Crippen LogP contribution >= 0.6 is 0 Å². The Morgan fingerprint density at radius 3 is 2.50 bits per heavy atom. The molecule has 1 N–H and O–H groups in total. The predicted octanol–water partition coefficient (Wildman–Crippen LogP) is 0.771. The largest absolute Gasteiger partial charge is 0.484 e. The normalized spacial score (nSPS) is 10.7. The molecule has 0 fully saturated rings. The molecule has 0 unspecified atom stereocenters. The third-order valence-corrected chi connectivity index (χ3v) is 3.19. The Kier molecular flexibility index (Phi) is 4.91. The van der Waals surface area contributed by atoms with Gasteiger partial charge in [-0.2, -0.15) is 0 Å². The van der Waals surface area contributed by atoms with Crippen LogP contribution in [0.1, 0.15) is 0 Å². The molecule has 0 saturated carbocycles. The molecule has 0 aliphatic carbocycles. The van der Waals surface area contributed by atoms with Crippen molar-refractivity contribution in [2.45, 2.75) is 4.90 Å². The number of carbonyl (C=O) groups is 1. The molecular weight excluding hydrogens is 254 g/mol. The average molecular weight is 269 g/mol. The average Bonchev–Trinajstić information content (AvgIpc) is 2.33. The molecule has 5 nitrogen and oxygen atoms in total. The number of rotatable bonds is 6. The van der Waals surface area contributed by atoms with E-state index >= 15 is 0 Å². The fourth-order valence-electron chi connectivity index (χ4n) is 1.17. The Morgan fingerprint density at radius 1 is 1.39 bits per heavy atom. The number of hydrogen-bond acceptors (Lipinski definition) is 4. The number of benzene rings is 1. The molecule has 0 aliphatic rings. The van der Waals surface area contributed by atoms with E-state index in [1.54, 1.807) is 6.08 Å². The van der Waals surface area contributed by atoms with Gasteiger partial charge >= 0.3 is 0 Å². The van der Waals surface area contributed by atoms with E-state index in [0.29, 0.717) is 12.3 Å². The van der Waals surface area contributed by atoms with Gasteiger partial charge in [0.05, 0.1) is 4.90 Å². The fourth-order valence-corrected chi connectivity index (χ4v) is 1.80. The zero-order valence-corrected chi connectivity index (χ0v) is 10.9. The van der Waals surface area contributed by atoms with Gasteiger partial charge < -0.3 is 10.1 Å². The highest BCUT2D eigenvalue weighted by molar-refractivity contribution is 7.90. The van der Waals surface area contributed by atoms with Crippen LogP contribution in [-0.2, 0) is 14.6 Å². The van der Waals surface area contributed by atoms with E-state index in [2.05, 4.69) is 11.9 Å². The van der Waals surface area contributed by atoms with Gasteiger partial charge in [-0.15, -0.1) is 6.58 Å². The molecule has 0 aromatic heterocycles. The van der Waals surface area contributed by atoms with Crippen LogP contribution in [0.2, 0.25) is 0 Å². The summed E-state index contributed by atoms with van der Waals surface area (Å²) in [7, 11) is -3.21. The quantitative estimate of drug-likeness (QED) is 0.774. The third-order valence-electron chi connectivity index (χ3n) is 2.07. The highest BCUT2D eigenvalue weighted by Crippen LogP contribution is 2.15. The second-order valence-corrected chi connectivity index (χ2v) is 5.64. The van der Waals surface area contributed by atoms with Crippen LogP contribution in [0, 0.1) is 0 Å². The number of sulfone groups is 1. The molecule has 0 spiro atoms. The second-order valence-electron chi connectivity index (χ2n) is 3.62. The van der Waals surface area contributed by atoms with Gasteiger partial charge in [-0.25, -0.2) is 8.42 Å². The van der Waals surface area contributed by atoms with Gasteiger partial charge in [0.15, 0.2) is 16.4 Å². The van der Waals surface area contributed by atoms with E-state index in [4.69, 9.17) is 4.74 Å². The zero-order valence-electron chi connectivity index (χ0n) is 10.0. The van der Waals surface area contributed by atoms with Crippen molar-refractivity contribution in [1.82, 2.24) is 5.32 Å². The number of ether oxygens (including phenoxy) is 1. The van der Waals surface area contributed by atoms with Crippen LogP contribution in [0.4, 0.5) is 0 Å². The van der Waals surface area contributed by atoms with Crippen LogP contribution in [0.5, 0.6) is 5.75 Å². The summed E-state index contributed by atoms with van der Waals surface area (Å²) in [5, 5.41) is 2.56. The summed E-state index contributed by atoms with van der Waals surface area (Å²) in [4.78, 5) is 11.4. The number of carbonyl (C=O) groups excluding carboxylic acids is 1. The van der Waals surface area contributed by atoms with Crippen LogP contribution < -0.4 is 10.1 Å². The molecule has 0 saturated heterocycles.